The van der Waals surface area contributed by atoms with Crippen molar-refractivity contribution in [1.82, 2.24) is 0 Å². The maximum atomic E-state index is 9.46. The van der Waals surface area contributed by atoms with Crippen LogP contribution in [0, 0.1) is 11.3 Å². The van der Waals surface area contributed by atoms with Gasteiger partial charge in [-0.1, -0.05) is 6.07 Å². The molecule has 0 amide bonds. The Bertz CT molecular complexity index is 357. The molecular formula is C10H13N3O. The molecule has 4 heteroatoms. The van der Waals surface area contributed by atoms with Crippen molar-refractivity contribution in [3.8, 4) is 6.07 Å². The first-order valence-electron chi connectivity index (χ1n) is 4.33. The molecule has 4 nitrogen and oxygen atoms in total. The molecule has 14 heavy (non-hydrogen) atoms. The topological polar surface area (TPSA) is 82.1 Å². The van der Waals surface area contributed by atoms with Crippen LogP contribution in [0.1, 0.15) is 17.2 Å². The average Bonchev–Trinajstić information content (AvgIpc) is 2.26. The number of hydrogen-bond donors (Lipinski definition) is 3. The van der Waals surface area contributed by atoms with Crippen LogP contribution in [0.15, 0.2) is 18.2 Å². The molecule has 0 aromatic heterocycles. The van der Waals surface area contributed by atoms with E-state index in [0.717, 1.165) is 5.69 Å². The number of aliphatic hydroxyl groups excluding tert-OH is 1. The molecule has 0 aliphatic heterocycles. The van der Waals surface area contributed by atoms with Crippen molar-refractivity contribution >= 4 is 5.69 Å². The molecule has 74 valence electrons. The number of hydrogen-bond acceptors (Lipinski definition) is 4. The summed E-state index contributed by atoms with van der Waals surface area (Å²) in [6.07, 6.45) is -0.701. The fraction of sp³-hybridized carbons (Fsp3) is 0.300. The second kappa shape index (κ2) is 4.61. The number of nitrogens with one attached hydrogen (secondary N) is 1. The molecule has 4 N–H and O–H groups in total. The molecule has 0 heterocycles. The molecule has 1 aromatic carbocycles. The zero-order valence-electron chi connectivity index (χ0n) is 7.99. The first kappa shape index (κ1) is 10.5. The van der Waals surface area contributed by atoms with Gasteiger partial charge in [-0.2, -0.15) is 5.26 Å². The van der Waals surface area contributed by atoms with Crippen LogP contribution in [0.4, 0.5) is 5.69 Å². The Kier molecular flexibility index (Phi) is 3.46. The molecular weight excluding hydrogens is 178 g/mol. The van der Waals surface area contributed by atoms with Crippen molar-refractivity contribution < 1.29 is 5.11 Å². The summed E-state index contributed by atoms with van der Waals surface area (Å²) in [6, 6.07) is 7.20. The zero-order chi connectivity index (χ0) is 10.6. The number of rotatable bonds is 3. The van der Waals surface area contributed by atoms with Crippen molar-refractivity contribution in [3.05, 3.63) is 29.3 Å². The van der Waals surface area contributed by atoms with Crippen LogP contribution in [0.5, 0.6) is 0 Å². The third kappa shape index (κ3) is 2.02. The number of nitrogens with two attached hydrogens (primary N) is 1. The molecule has 1 atom stereocenters. The maximum Gasteiger partial charge on any atom is 0.101 e. The first-order valence-corrected chi connectivity index (χ1v) is 4.33. The summed E-state index contributed by atoms with van der Waals surface area (Å²) in [4.78, 5) is 0. The van der Waals surface area contributed by atoms with Crippen molar-refractivity contribution in [2.24, 2.45) is 5.73 Å². The first-order chi connectivity index (χ1) is 6.72. The van der Waals surface area contributed by atoms with Crippen molar-refractivity contribution in [3.63, 3.8) is 0 Å². The highest BCUT2D eigenvalue weighted by Gasteiger charge is 2.07. The van der Waals surface area contributed by atoms with Crippen LogP contribution in [0.3, 0.4) is 0 Å². The predicted molar refractivity (Wildman–Crippen MR) is 54.7 cm³/mol. The molecule has 0 fully saturated rings. The molecule has 0 spiro atoms. The molecule has 1 rings (SSSR count). The second-order valence-electron chi connectivity index (χ2n) is 2.92. The normalized spacial score (nSPS) is 11.9. The summed E-state index contributed by atoms with van der Waals surface area (Å²) in [5, 5.41) is 21.2. The minimum Gasteiger partial charge on any atom is -0.387 e. The average molecular weight is 191 g/mol. The predicted octanol–water partition coefficient (Wildman–Crippen LogP) is 0.592. The monoisotopic (exact) mass is 191 g/mol. The summed E-state index contributed by atoms with van der Waals surface area (Å²) in [5.74, 6) is 0. The van der Waals surface area contributed by atoms with Crippen molar-refractivity contribution in [2.45, 2.75) is 6.10 Å². The van der Waals surface area contributed by atoms with E-state index in [1.165, 1.54) is 0 Å². The fourth-order valence-electron chi connectivity index (χ4n) is 1.22. The largest absolute Gasteiger partial charge is 0.387 e. The molecule has 0 aliphatic carbocycles. The zero-order valence-corrected chi connectivity index (χ0v) is 7.99. The van der Waals surface area contributed by atoms with Crippen LogP contribution in [0.2, 0.25) is 0 Å². The highest BCUT2D eigenvalue weighted by molar-refractivity contribution is 5.58. The summed E-state index contributed by atoms with van der Waals surface area (Å²) in [5.41, 5.74) is 7.25. The van der Waals surface area contributed by atoms with Crippen LogP contribution in [-0.4, -0.2) is 18.7 Å². The van der Waals surface area contributed by atoms with Crippen LogP contribution >= 0.6 is 0 Å². The van der Waals surface area contributed by atoms with E-state index in [-0.39, 0.29) is 6.54 Å². The van der Waals surface area contributed by atoms with Gasteiger partial charge in [-0.25, -0.2) is 0 Å². The Morgan fingerprint density at radius 1 is 1.64 bits per heavy atom. The van der Waals surface area contributed by atoms with Crippen LogP contribution in [-0.2, 0) is 0 Å². The third-order valence-electron chi connectivity index (χ3n) is 2.04. The Hall–Kier alpha value is -1.57. The minimum absolute atomic E-state index is 0.157. The highest BCUT2D eigenvalue weighted by atomic mass is 16.3. The van der Waals surface area contributed by atoms with Gasteiger partial charge in [0.1, 0.15) is 6.07 Å². The maximum absolute atomic E-state index is 9.46. The smallest absolute Gasteiger partial charge is 0.101 e. The molecule has 0 radical (unpaired) electrons. The van der Waals surface area contributed by atoms with Gasteiger partial charge in [-0.05, 0) is 17.7 Å². The van der Waals surface area contributed by atoms with Gasteiger partial charge in [0.25, 0.3) is 0 Å². The van der Waals surface area contributed by atoms with Crippen molar-refractivity contribution in [2.75, 3.05) is 18.9 Å². The van der Waals surface area contributed by atoms with E-state index >= 15 is 0 Å². The number of anilines is 1. The highest BCUT2D eigenvalue weighted by Crippen LogP contribution is 2.19. The van der Waals surface area contributed by atoms with E-state index < -0.39 is 6.10 Å². The molecule has 0 bridgehead atoms. The van der Waals surface area contributed by atoms with Crippen LogP contribution in [0.25, 0.3) is 0 Å². The van der Waals surface area contributed by atoms with E-state index in [4.69, 9.17) is 11.0 Å². The summed E-state index contributed by atoms with van der Waals surface area (Å²) in [7, 11) is 1.75. The Balaban J connectivity index is 3.09. The minimum atomic E-state index is -0.701. The van der Waals surface area contributed by atoms with Gasteiger partial charge >= 0.3 is 0 Å². The summed E-state index contributed by atoms with van der Waals surface area (Å²) < 4.78 is 0. The van der Waals surface area contributed by atoms with Gasteiger partial charge in [0.15, 0.2) is 0 Å². The van der Waals surface area contributed by atoms with E-state index in [2.05, 4.69) is 11.4 Å². The lowest BCUT2D eigenvalue weighted by atomic mass is 10.1. The Labute approximate surface area is 83.0 Å². The van der Waals surface area contributed by atoms with E-state index in [1.807, 2.05) is 0 Å². The number of benzene rings is 1. The standard InChI is InChI=1S/C10H13N3O/c1-13-9-3-2-7(10(14)6-12)4-8(9)5-11/h2-4,10,13-14H,6,12H2,1H3. The third-order valence-corrected chi connectivity index (χ3v) is 2.04. The Morgan fingerprint density at radius 2 is 2.36 bits per heavy atom. The van der Waals surface area contributed by atoms with Crippen LogP contribution < -0.4 is 11.1 Å². The van der Waals surface area contributed by atoms with Gasteiger partial charge in [-0.3, -0.25) is 0 Å². The van der Waals surface area contributed by atoms with E-state index in [0.29, 0.717) is 11.1 Å². The van der Waals surface area contributed by atoms with Gasteiger partial charge in [0.05, 0.1) is 17.4 Å². The van der Waals surface area contributed by atoms with E-state index in [9.17, 15) is 5.11 Å². The van der Waals surface area contributed by atoms with Gasteiger partial charge in [0.2, 0.25) is 0 Å². The summed E-state index contributed by atoms with van der Waals surface area (Å²) >= 11 is 0. The number of aliphatic hydroxyl groups is 1. The van der Waals surface area contributed by atoms with Gasteiger partial charge < -0.3 is 16.2 Å². The quantitative estimate of drug-likeness (QED) is 0.653. The molecule has 0 saturated heterocycles. The van der Waals surface area contributed by atoms with Crippen molar-refractivity contribution in [1.29, 1.82) is 5.26 Å². The Morgan fingerprint density at radius 3 is 2.86 bits per heavy atom. The van der Waals surface area contributed by atoms with Gasteiger partial charge in [-0.15, -0.1) is 0 Å². The lowest BCUT2D eigenvalue weighted by Gasteiger charge is -2.10. The second-order valence-corrected chi connectivity index (χ2v) is 2.92. The lowest BCUT2D eigenvalue weighted by Crippen LogP contribution is -2.11. The number of nitrogens with zero attached hydrogens (tertiary/aromatic N) is 1. The molecule has 1 aromatic rings. The molecule has 0 saturated carbocycles. The van der Waals surface area contributed by atoms with E-state index in [1.54, 1.807) is 25.2 Å². The summed E-state index contributed by atoms with van der Waals surface area (Å²) in [6.45, 7) is 0.157. The molecule has 1 unspecified atom stereocenters. The number of nitriles is 1. The lowest BCUT2D eigenvalue weighted by molar-refractivity contribution is 0.187. The van der Waals surface area contributed by atoms with Gasteiger partial charge in [0, 0.05) is 13.6 Å². The fourth-order valence-corrected chi connectivity index (χ4v) is 1.22. The SMILES string of the molecule is CNc1ccc(C(O)CN)cc1C#N. The molecule has 0 aliphatic rings.